The summed E-state index contributed by atoms with van der Waals surface area (Å²) in [5.41, 5.74) is 6.81. The van der Waals surface area contributed by atoms with Crippen molar-refractivity contribution in [3.8, 4) is 0 Å². The second-order valence-electron chi connectivity index (χ2n) is 3.55. The van der Waals surface area contributed by atoms with Crippen LogP contribution in [0.5, 0.6) is 0 Å². The summed E-state index contributed by atoms with van der Waals surface area (Å²) in [5, 5.41) is 1.86. The highest BCUT2D eigenvalue weighted by atomic mass is 32.2. The van der Waals surface area contributed by atoms with Crippen molar-refractivity contribution in [2.45, 2.75) is 16.5 Å². The molecule has 90 valence electrons. The molecule has 0 aliphatic heterocycles. The molecule has 0 saturated heterocycles. The lowest BCUT2D eigenvalue weighted by atomic mass is 10.1. The molecule has 0 radical (unpaired) electrons. The zero-order valence-electron chi connectivity index (χ0n) is 9.06. The fourth-order valence-electron chi connectivity index (χ4n) is 1.47. The number of hydrogen-bond donors (Lipinski definition) is 1. The van der Waals surface area contributed by atoms with Crippen molar-refractivity contribution < 1.29 is 8.60 Å². The molecule has 2 aromatic rings. The normalized spacial score (nSPS) is 12.6. The maximum absolute atomic E-state index is 13.5. The predicted octanol–water partition coefficient (Wildman–Crippen LogP) is 2.65. The maximum atomic E-state index is 13.5. The fraction of sp³-hybridized carbons (Fsp3) is 0.167. The minimum absolute atomic E-state index is 0.195. The van der Waals surface area contributed by atoms with Gasteiger partial charge in [0, 0.05) is 12.1 Å². The van der Waals surface area contributed by atoms with E-state index in [9.17, 15) is 8.60 Å². The molecule has 0 amide bonds. The minimum Gasteiger partial charge on any atom is -0.326 e. The Morgan fingerprint density at radius 1 is 1.35 bits per heavy atom. The number of benzene rings is 1. The summed E-state index contributed by atoms with van der Waals surface area (Å²) in [6.45, 7) is 0.360. The molecule has 2 rings (SSSR count). The Balaban J connectivity index is 2.21. The van der Waals surface area contributed by atoms with Gasteiger partial charge >= 0.3 is 0 Å². The SMILES string of the molecule is NCc1ccc(F)c(CS(=O)c2cccs2)c1. The van der Waals surface area contributed by atoms with Gasteiger partial charge in [0.15, 0.2) is 0 Å². The molecule has 17 heavy (non-hydrogen) atoms. The van der Waals surface area contributed by atoms with Crippen molar-refractivity contribution in [3.05, 3.63) is 52.7 Å². The van der Waals surface area contributed by atoms with E-state index in [2.05, 4.69) is 0 Å². The van der Waals surface area contributed by atoms with Gasteiger partial charge in [-0.3, -0.25) is 4.21 Å². The van der Waals surface area contributed by atoms with E-state index >= 15 is 0 Å². The third kappa shape index (κ3) is 3.00. The smallest absolute Gasteiger partial charge is 0.127 e. The van der Waals surface area contributed by atoms with Crippen molar-refractivity contribution >= 4 is 22.1 Å². The third-order valence-electron chi connectivity index (χ3n) is 2.35. The van der Waals surface area contributed by atoms with Gasteiger partial charge in [-0.15, -0.1) is 11.3 Å². The van der Waals surface area contributed by atoms with Gasteiger partial charge in [-0.05, 0) is 23.1 Å². The standard InChI is InChI=1S/C12H12FNOS2/c13-11-4-3-9(7-14)6-10(11)8-17(15)12-2-1-5-16-12/h1-6H,7-8,14H2. The Labute approximate surface area is 106 Å². The van der Waals surface area contributed by atoms with Crippen LogP contribution in [0, 0.1) is 5.82 Å². The Morgan fingerprint density at radius 2 is 2.18 bits per heavy atom. The summed E-state index contributed by atoms with van der Waals surface area (Å²) in [4.78, 5) is 0. The van der Waals surface area contributed by atoms with Crippen LogP contribution in [0.3, 0.4) is 0 Å². The number of thiophene rings is 1. The fourth-order valence-corrected chi connectivity index (χ4v) is 3.57. The second-order valence-corrected chi connectivity index (χ2v) is 6.18. The molecule has 0 spiro atoms. The summed E-state index contributed by atoms with van der Waals surface area (Å²) in [5.74, 6) is -0.132. The summed E-state index contributed by atoms with van der Waals surface area (Å²) < 4.78 is 26.3. The number of hydrogen-bond acceptors (Lipinski definition) is 3. The highest BCUT2D eigenvalue weighted by Crippen LogP contribution is 2.19. The first-order valence-electron chi connectivity index (χ1n) is 5.10. The van der Waals surface area contributed by atoms with Gasteiger partial charge in [0.1, 0.15) is 5.82 Å². The monoisotopic (exact) mass is 269 g/mol. The van der Waals surface area contributed by atoms with E-state index in [1.807, 2.05) is 11.4 Å². The number of halogens is 1. The lowest BCUT2D eigenvalue weighted by Crippen LogP contribution is -2.02. The lowest BCUT2D eigenvalue weighted by molar-refractivity contribution is 0.614. The van der Waals surface area contributed by atoms with Crippen molar-refractivity contribution in [3.63, 3.8) is 0 Å². The number of rotatable bonds is 4. The number of nitrogens with two attached hydrogens (primary N) is 1. The molecule has 0 bridgehead atoms. The van der Waals surface area contributed by atoms with Crippen molar-refractivity contribution in [1.29, 1.82) is 0 Å². The first-order chi connectivity index (χ1) is 8.20. The van der Waals surface area contributed by atoms with Gasteiger partial charge in [0.05, 0.1) is 20.8 Å². The molecular formula is C12H12FNOS2. The summed E-state index contributed by atoms with van der Waals surface area (Å²) >= 11 is 1.42. The molecule has 1 atom stereocenters. The Morgan fingerprint density at radius 3 is 2.82 bits per heavy atom. The predicted molar refractivity (Wildman–Crippen MR) is 68.7 cm³/mol. The summed E-state index contributed by atoms with van der Waals surface area (Å²) in [6.07, 6.45) is 0. The zero-order valence-corrected chi connectivity index (χ0v) is 10.7. The van der Waals surface area contributed by atoms with Gasteiger partial charge in [-0.2, -0.15) is 0 Å². The highest BCUT2D eigenvalue weighted by Gasteiger charge is 2.10. The largest absolute Gasteiger partial charge is 0.326 e. The van der Waals surface area contributed by atoms with Crippen molar-refractivity contribution in [1.82, 2.24) is 0 Å². The van der Waals surface area contributed by atoms with E-state index in [4.69, 9.17) is 5.73 Å². The van der Waals surface area contributed by atoms with Crippen molar-refractivity contribution in [2.24, 2.45) is 5.73 Å². The molecule has 0 saturated carbocycles. The second kappa shape index (κ2) is 5.53. The van der Waals surface area contributed by atoms with Gasteiger partial charge in [-0.25, -0.2) is 4.39 Å². The molecule has 1 unspecified atom stereocenters. The van der Waals surface area contributed by atoms with Crippen LogP contribution in [0.15, 0.2) is 39.9 Å². The van der Waals surface area contributed by atoms with E-state index in [0.29, 0.717) is 12.1 Å². The van der Waals surface area contributed by atoms with Gasteiger partial charge in [0.2, 0.25) is 0 Å². The van der Waals surface area contributed by atoms with Crippen LogP contribution in [0.2, 0.25) is 0 Å². The molecule has 0 aliphatic rings. The molecular weight excluding hydrogens is 257 g/mol. The first kappa shape index (κ1) is 12.4. The van der Waals surface area contributed by atoms with E-state index in [1.54, 1.807) is 18.2 Å². The molecule has 5 heteroatoms. The topological polar surface area (TPSA) is 43.1 Å². The minimum atomic E-state index is -1.19. The zero-order chi connectivity index (χ0) is 12.3. The Hall–Kier alpha value is -1.04. The van der Waals surface area contributed by atoms with Crippen LogP contribution in [-0.4, -0.2) is 4.21 Å². The highest BCUT2D eigenvalue weighted by molar-refractivity contribution is 7.86. The van der Waals surface area contributed by atoms with E-state index in [1.165, 1.54) is 17.4 Å². The van der Waals surface area contributed by atoms with Crippen molar-refractivity contribution in [2.75, 3.05) is 0 Å². The molecule has 2 nitrogen and oxygen atoms in total. The molecule has 1 aromatic carbocycles. The molecule has 1 aromatic heterocycles. The Kier molecular flexibility index (Phi) is 4.04. The molecule has 1 heterocycles. The van der Waals surface area contributed by atoms with Gasteiger partial charge in [-0.1, -0.05) is 18.2 Å². The summed E-state index contributed by atoms with van der Waals surface area (Å²) in [6, 6.07) is 8.34. The van der Waals surface area contributed by atoms with Crippen LogP contribution >= 0.6 is 11.3 Å². The first-order valence-corrected chi connectivity index (χ1v) is 7.30. The Bertz CT molecular complexity index is 525. The lowest BCUT2D eigenvalue weighted by Gasteiger charge is -2.04. The van der Waals surface area contributed by atoms with Gasteiger partial charge in [0.25, 0.3) is 0 Å². The average molecular weight is 269 g/mol. The van der Waals surface area contributed by atoms with Crippen LogP contribution in [0.4, 0.5) is 4.39 Å². The summed E-state index contributed by atoms with van der Waals surface area (Å²) in [7, 11) is -1.19. The van der Waals surface area contributed by atoms with Crippen LogP contribution < -0.4 is 5.73 Å². The van der Waals surface area contributed by atoms with E-state index in [-0.39, 0.29) is 11.6 Å². The van der Waals surface area contributed by atoms with Gasteiger partial charge < -0.3 is 5.73 Å². The maximum Gasteiger partial charge on any atom is 0.127 e. The molecule has 0 aliphatic carbocycles. The average Bonchev–Trinajstić information content (AvgIpc) is 2.85. The molecule has 0 fully saturated rings. The molecule has 2 N–H and O–H groups in total. The van der Waals surface area contributed by atoms with Crippen LogP contribution in [0.25, 0.3) is 0 Å². The quantitative estimate of drug-likeness (QED) is 0.927. The van der Waals surface area contributed by atoms with Crippen LogP contribution in [-0.2, 0) is 23.1 Å². The van der Waals surface area contributed by atoms with E-state index in [0.717, 1.165) is 9.77 Å². The van der Waals surface area contributed by atoms with Crippen LogP contribution in [0.1, 0.15) is 11.1 Å². The third-order valence-corrected chi connectivity index (χ3v) is 5.02. The van der Waals surface area contributed by atoms with E-state index < -0.39 is 10.8 Å².